The number of carbonyl (C=O) groups is 1. The lowest BCUT2D eigenvalue weighted by molar-refractivity contribution is -0.134. The lowest BCUT2D eigenvalue weighted by Crippen LogP contribution is -2.49. The fourth-order valence-electron chi connectivity index (χ4n) is 3.22. The second-order valence-electron chi connectivity index (χ2n) is 6.03. The van der Waals surface area contributed by atoms with E-state index >= 15 is 0 Å². The maximum absolute atomic E-state index is 12.4. The maximum atomic E-state index is 12.4. The summed E-state index contributed by atoms with van der Waals surface area (Å²) in [5, 5.41) is 0. The summed E-state index contributed by atoms with van der Waals surface area (Å²) in [6.07, 6.45) is 4.59. The minimum absolute atomic E-state index is 0.158. The van der Waals surface area contributed by atoms with E-state index in [1.165, 1.54) is 12.8 Å². The fourth-order valence-corrected chi connectivity index (χ4v) is 3.22. The predicted octanol–water partition coefficient (Wildman–Crippen LogP) is 1.05. The maximum Gasteiger partial charge on any atom is 0.239 e. The van der Waals surface area contributed by atoms with Gasteiger partial charge in [0.25, 0.3) is 0 Å². The Hall–Kier alpha value is -0.610. The van der Waals surface area contributed by atoms with Gasteiger partial charge in [0, 0.05) is 25.2 Å². The Morgan fingerprint density at radius 1 is 1.33 bits per heavy atom. The molecule has 2 aliphatic rings. The molecule has 1 amide bonds. The van der Waals surface area contributed by atoms with Gasteiger partial charge in [0.2, 0.25) is 5.91 Å². The highest BCUT2D eigenvalue weighted by Gasteiger charge is 2.37. The van der Waals surface area contributed by atoms with Crippen LogP contribution in [0.25, 0.3) is 0 Å². The lowest BCUT2D eigenvalue weighted by atomic mass is 9.98. The van der Waals surface area contributed by atoms with Gasteiger partial charge in [0.05, 0.1) is 6.04 Å². The van der Waals surface area contributed by atoms with E-state index in [2.05, 4.69) is 25.8 Å². The number of likely N-dealkylation sites (tertiary alicyclic amines) is 1. The smallest absolute Gasteiger partial charge is 0.239 e. The Morgan fingerprint density at radius 3 is 2.67 bits per heavy atom. The van der Waals surface area contributed by atoms with Crippen LogP contribution in [0.1, 0.15) is 39.5 Å². The third-order valence-corrected chi connectivity index (χ3v) is 5.00. The van der Waals surface area contributed by atoms with E-state index in [-0.39, 0.29) is 17.9 Å². The lowest BCUT2D eigenvalue weighted by Gasteiger charge is -2.29. The molecule has 0 aromatic heterocycles. The molecule has 0 aliphatic carbocycles. The van der Waals surface area contributed by atoms with Gasteiger partial charge in [-0.15, -0.1) is 0 Å². The molecule has 2 bridgehead atoms. The van der Waals surface area contributed by atoms with E-state index < -0.39 is 0 Å². The molecule has 4 atom stereocenters. The van der Waals surface area contributed by atoms with Crippen LogP contribution in [0.3, 0.4) is 0 Å². The van der Waals surface area contributed by atoms with E-state index in [4.69, 9.17) is 5.73 Å². The van der Waals surface area contributed by atoms with Crippen molar-refractivity contribution in [3.05, 3.63) is 0 Å². The summed E-state index contributed by atoms with van der Waals surface area (Å²) < 4.78 is 0. The van der Waals surface area contributed by atoms with Crippen LogP contribution in [0.5, 0.6) is 0 Å². The number of likely N-dealkylation sites (N-methyl/N-ethyl adjacent to an activating group) is 1. The van der Waals surface area contributed by atoms with E-state index in [1.807, 2.05) is 4.90 Å². The van der Waals surface area contributed by atoms with Gasteiger partial charge in [0.1, 0.15) is 0 Å². The first kappa shape index (κ1) is 13.8. The standard InChI is InChI=1S/C14H27N3O/c1-4-10(2)13(15)14(18)17-8-7-11-5-6-12(9-17)16(11)3/h10-13H,4-9,15H2,1-3H3/t10-,11?,12?,13-/m0/s1. The normalized spacial score (nSPS) is 32.1. The highest BCUT2D eigenvalue weighted by atomic mass is 16.2. The van der Waals surface area contributed by atoms with Crippen molar-refractivity contribution in [2.45, 2.75) is 57.7 Å². The van der Waals surface area contributed by atoms with Gasteiger partial charge in [-0.2, -0.15) is 0 Å². The molecule has 4 heteroatoms. The van der Waals surface area contributed by atoms with Crippen LogP contribution in [-0.2, 0) is 4.79 Å². The van der Waals surface area contributed by atoms with Crippen molar-refractivity contribution in [1.29, 1.82) is 0 Å². The summed E-state index contributed by atoms with van der Waals surface area (Å²) in [7, 11) is 2.20. The van der Waals surface area contributed by atoms with Crippen LogP contribution in [0.4, 0.5) is 0 Å². The third kappa shape index (κ3) is 2.54. The highest BCUT2D eigenvalue weighted by Crippen LogP contribution is 2.28. The molecular formula is C14H27N3O. The van der Waals surface area contributed by atoms with E-state index in [0.717, 1.165) is 25.9 Å². The molecule has 0 saturated carbocycles. The average molecular weight is 253 g/mol. The molecule has 2 N–H and O–H groups in total. The van der Waals surface area contributed by atoms with Gasteiger partial charge in [-0.05, 0) is 32.2 Å². The van der Waals surface area contributed by atoms with Crippen molar-refractivity contribution >= 4 is 5.91 Å². The molecule has 2 aliphatic heterocycles. The number of nitrogens with zero attached hydrogens (tertiary/aromatic N) is 2. The first-order valence-corrected chi connectivity index (χ1v) is 7.30. The Balaban J connectivity index is 1.99. The van der Waals surface area contributed by atoms with Gasteiger partial charge in [-0.3, -0.25) is 9.69 Å². The van der Waals surface area contributed by atoms with Crippen LogP contribution >= 0.6 is 0 Å². The quantitative estimate of drug-likeness (QED) is 0.818. The second-order valence-corrected chi connectivity index (χ2v) is 6.03. The molecule has 2 unspecified atom stereocenters. The minimum atomic E-state index is -0.322. The summed E-state index contributed by atoms with van der Waals surface area (Å²) in [6, 6.07) is 0.898. The monoisotopic (exact) mass is 253 g/mol. The average Bonchev–Trinajstić information content (AvgIpc) is 2.60. The van der Waals surface area contributed by atoms with E-state index in [0.29, 0.717) is 12.1 Å². The Bertz CT molecular complexity index is 307. The number of amides is 1. The van der Waals surface area contributed by atoms with Crippen molar-refractivity contribution < 1.29 is 4.79 Å². The number of carbonyl (C=O) groups excluding carboxylic acids is 1. The SMILES string of the molecule is CC[C@H](C)[C@H](N)C(=O)N1CCC2CCC(C1)N2C. The molecule has 104 valence electrons. The van der Waals surface area contributed by atoms with Gasteiger partial charge < -0.3 is 10.6 Å². The van der Waals surface area contributed by atoms with Crippen LogP contribution in [-0.4, -0.2) is 54.0 Å². The largest absolute Gasteiger partial charge is 0.340 e. The number of hydrogen-bond donors (Lipinski definition) is 1. The van der Waals surface area contributed by atoms with Crippen LogP contribution < -0.4 is 5.73 Å². The fraction of sp³-hybridized carbons (Fsp3) is 0.929. The highest BCUT2D eigenvalue weighted by molar-refractivity contribution is 5.82. The number of nitrogens with two attached hydrogens (primary N) is 1. The molecule has 2 saturated heterocycles. The first-order chi connectivity index (χ1) is 8.54. The van der Waals surface area contributed by atoms with Gasteiger partial charge in [0.15, 0.2) is 0 Å². The zero-order valence-corrected chi connectivity index (χ0v) is 11.9. The Kier molecular flexibility index (Phi) is 4.28. The molecule has 4 nitrogen and oxygen atoms in total. The van der Waals surface area contributed by atoms with Crippen molar-refractivity contribution in [2.24, 2.45) is 11.7 Å². The molecule has 2 fully saturated rings. The Labute approximate surface area is 110 Å². The van der Waals surface area contributed by atoms with Crippen molar-refractivity contribution in [1.82, 2.24) is 9.80 Å². The minimum Gasteiger partial charge on any atom is -0.340 e. The van der Waals surface area contributed by atoms with E-state index in [9.17, 15) is 4.79 Å². The molecule has 2 heterocycles. The summed E-state index contributed by atoms with van der Waals surface area (Å²) in [4.78, 5) is 16.9. The zero-order valence-electron chi connectivity index (χ0n) is 11.9. The molecule has 0 aromatic rings. The molecule has 2 rings (SSSR count). The zero-order chi connectivity index (χ0) is 13.3. The number of hydrogen-bond acceptors (Lipinski definition) is 3. The summed E-state index contributed by atoms with van der Waals surface area (Å²) >= 11 is 0. The molecular weight excluding hydrogens is 226 g/mol. The summed E-state index contributed by atoms with van der Waals surface area (Å²) in [5.74, 6) is 0.431. The predicted molar refractivity (Wildman–Crippen MR) is 73.2 cm³/mol. The molecule has 0 radical (unpaired) electrons. The van der Waals surface area contributed by atoms with Crippen molar-refractivity contribution in [2.75, 3.05) is 20.1 Å². The topological polar surface area (TPSA) is 49.6 Å². The van der Waals surface area contributed by atoms with Gasteiger partial charge in [-0.1, -0.05) is 20.3 Å². The molecule has 18 heavy (non-hydrogen) atoms. The second kappa shape index (κ2) is 5.57. The van der Waals surface area contributed by atoms with Crippen LogP contribution in [0.2, 0.25) is 0 Å². The van der Waals surface area contributed by atoms with Crippen molar-refractivity contribution in [3.63, 3.8) is 0 Å². The number of rotatable bonds is 3. The van der Waals surface area contributed by atoms with Crippen molar-refractivity contribution in [3.8, 4) is 0 Å². The van der Waals surface area contributed by atoms with E-state index in [1.54, 1.807) is 0 Å². The molecule has 0 aromatic carbocycles. The first-order valence-electron chi connectivity index (χ1n) is 7.30. The molecule has 0 spiro atoms. The van der Waals surface area contributed by atoms with Crippen LogP contribution in [0, 0.1) is 5.92 Å². The van der Waals surface area contributed by atoms with Gasteiger partial charge in [-0.25, -0.2) is 0 Å². The summed E-state index contributed by atoms with van der Waals surface area (Å²) in [6.45, 7) is 5.92. The van der Waals surface area contributed by atoms with Crippen LogP contribution in [0.15, 0.2) is 0 Å². The Morgan fingerprint density at radius 2 is 2.00 bits per heavy atom. The number of fused-ring (bicyclic) bond motifs is 2. The summed E-state index contributed by atoms with van der Waals surface area (Å²) in [5.41, 5.74) is 6.08. The third-order valence-electron chi connectivity index (χ3n) is 5.00. The van der Waals surface area contributed by atoms with Gasteiger partial charge >= 0.3 is 0 Å².